The van der Waals surface area contributed by atoms with Crippen LogP contribution in [-0.4, -0.2) is 32.1 Å². The fraction of sp³-hybridized carbons (Fsp3) is 0.263. The van der Waals surface area contributed by atoms with Crippen molar-refractivity contribution in [2.24, 2.45) is 5.73 Å². The maximum atomic E-state index is 14.7. The summed E-state index contributed by atoms with van der Waals surface area (Å²) in [6.07, 6.45) is 0.574. The number of nitrogens with one attached hydrogen (secondary N) is 2. The van der Waals surface area contributed by atoms with Gasteiger partial charge < -0.3 is 25.8 Å². The lowest BCUT2D eigenvalue weighted by atomic mass is 9.99. The molecule has 1 aliphatic rings. The molecule has 2 aromatic carbocycles. The Labute approximate surface area is 167 Å². The molecule has 1 aliphatic heterocycles. The largest absolute Gasteiger partial charge is 0.493 e. The number of rotatable bonds is 6. The molecule has 0 saturated heterocycles. The van der Waals surface area contributed by atoms with Crippen molar-refractivity contribution in [3.05, 3.63) is 52.8 Å². The molecule has 0 aliphatic carbocycles. The zero-order valence-corrected chi connectivity index (χ0v) is 16.0. The number of primary amides is 1. The molecule has 1 heterocycles. The Morgan fingerprint density at radius 3 is 2.75 bits per heavy atom. The zero-order chi connectivity index (χ0) is 19.4. The molecule has 0 spiro atoms. The van der Waals surface area contributed by atoms with E-state index in [1.54, 1.807) is 6.07 Å². The number of hydrogen-bond acceptors (Lipinski definition) is 5. The summed E-state index contributed by atoms with van der Waals surface area (Å²) in [6.45, 7) is 1.01. The van der Waals surface area contributed by atoms with Crippen molar-refractivity contribution in [2.45, 2.75) is 13.0 Å². The highest BCUT2D eigenvalue weighted by molar-refractivity contribution is 6.04. The lowest BCUT2D eigenvalue weighted by molar-refractivity contribution is -0.119. The number of nitrogens with two attached hydrogens (primary N) is 1. The molecule has 2 aromatic rings. The highest BCUT2D eigenvalue weighted by atomic mass is 35.5. The first-order chi connectivity index (χ1) is 13.0. The topological polar surface area (TPSA) is 103 Å². The number of anilines is 1. The summed E-state index contributed by atoms with van der Waals surface area (Å²) in [7, 11) is 1.41. The van der Waals surface area contributed by atoms with Crippen molar-refractivity contribution >= 4 is 29.9 Å². The van der Waals surface area contributed by atoms with Gasteiger partial charge in [-0.3, -0.25) is 9.59 Å². The van der Waals surface area contributed by atoms with Gasteiger partial charge in [-0.15, -0.1) is 12.4 Å². The van der Waals surface area contributed by atoms with Gasteiger partial charge in [0.1, 0.15) is 5.82 Å². The lowest BCUT2D eigenvalue weighted by Crippen LogP contribution is -2.25. The Balaban J connectivity index is 0.00000280. The van der Waals surface area contributed by atoms with E-state index in [0.29, 0.717) is 25.1 Å². The highest BCUT2D eigenvalue weighted by Crippen LogP contribution is 2.29. The van der Waals surface area contributed by atoms with Gasteiger partial charge in [-0.1, -0.05) is 6.07 Å². The van der Waals surface area contributed by atoms with Gasteiger partial charge in [0.25, 0.3) is 11.8 Å². The van der Waals surface area contributed by atoms with E-state index in [9.17, 15) is 14.0 Å². The first kappa shape index (κ1) is 21.5. The van der Waals surface area contributed by atoms with Crippen molar-refractivity contribution in [3.63, 3.8) is 0 Å². The van der Waals surface area contributed by atoms with Gasteiger partial charge in [0, 0.05) is 12.1 Å². The Bertz CT molecular complexity index is 892. The summed E-state index contributed by atoms with van der Waals surface area (Å²) in [4.78, 5) is 23.4. The number of amides is 2. The number of halogens is 2. The molecule has 2 amide bonds. The van der Waals surface area contributed by atoms with E-state index in [-0.39, 0.29) is 41.8 Å². The molecule has 0 saturated carbocycles. The number of benzene rings is 2. The Morgan fingerprint density at radius 1 is 1.25 bits per heavy atom. The van der Waals surface area contributed by atoms with Crippen LogP contribution in [0.1, 0.15) is 21.5 Å². The van der Waals surface area contributed by atoms with Crippen LogP contribution in [0.2, 0.25) is 0 Å². The number of fused-ring (bicyclic) bond motifs is 1. The number of methoxy groups -OCH3 is 1. The smallest absolute Gasteiger partial charge is 0.255 e. The van der Waals surface area contributed by atoms with Gasteiger partial charge in [-0.25, -0.2) is 4.39 Å². The minimum absolute atomic E-state index is 0. The third-order valence-corrected chi connectivity index (χ3v) is 4.25. The van der Waals surface area contributed by atoms with Gasteiger partial charge in [-0.2, -0.15) is 0 Å². The lowest BCUT2D eigenvalue weighted by Gasteiger charge is -2.19. The summed E-state index contributed by atoms with van der Waals surface area (Å²) in [6, 6.07) is 7.80. The second-order valence-electron chi connectivity index (χ2n) is 6.07. The number of carbonyl (C=O) groups excluding carboxylic acids is 2. The van der Waals surface area contributed by atoms with Crippen LogP contribution >= 0.6 is 12.4 Å². The van der Waals surface area contributed by atoms with Crippen LogP contribution in [-0.2, 0) is 17.8 Å². The molecule has 3 rings (SSSR count). The van der Waals surface area contributed by atoms with Crippen LogP contribution in [0.5, 0.6) is 11.5 Å². The van der Waals surface area contributed by atoms with Gasteiger partial charge in [0.15, 0.2) is 18.1 Å². The SMILES string of the molecule is COc1cc(C(=O)Nc2ccc3c(c2F)CCNC3)ccc1OCC(N)=O.Cl. The molecule has 0 radical (unpaired) electrons. The number of ether oxygens (including phenoxy) is 2. The molecular weight excluding hydrogens is 389 g/mol. The Hall–Kier alpha value is -2.84. The van der Waals surface area contributed by atoms with E-state index < -0.39 is 17.6 Å². The van der Waals surface area contributed by atoms with Gasteiger partial charge in [-0.05, 0) is 48.4 Å². The van der Waals surface area contributed by atoms with Gasteiger partial charge in [0.05, 0.1) is 12.8 Å². The zero-order valence-electron chi connectivity index (χ0n) is 15.2. The van der Waals surface area contributed by atoms with Crippen LogP contribution in [0.25, 0.3) is 0 Å². The van der Waals surface area contributed by atoms with Crippen molar-refractivity contribution in [1.29, 1.82) is 0 Å². The van der Waals surface area contributed by atoms with E-state index in [1.165, 1.54) is 25.3 Å². The van der Waals surface area contributed by atoms with Crippen LogP contribution in [0, 0.1) is 5.82 Å². The van der Waals surface area contributed by atoms with E-state index in [0.717, 1.165) is 5.56 Å². The third kappa shape index (κ3) is 4.71. The maximum absolute atomic E-state index is 14.7. The molecular formula is C19H21ClFN3O4. The Kier molecular flexibility index (Phi) is 7.19. The summed E-state index contributed by atoms with van der Waals surface area (Å²) < 4.78 is 25.1. The van der Waals surface area contributed by atoms with Crippen LogP contribution in [0.3, 0.4) is 0 Å². The number of hydrogen-bond donors (Lipinski definition) is 3. The predicted octanol–water partition coefficient (Wildman–Crippen LogP) is 2.02. The van der Waals surface area contributed by atoms with Crippen molar-refractivity contribution in [2.75, 3.05) is 25.6 Å². The summed E-state index contributed by atoms with van der Waals surface area (Å²) in [5, 5.41) is 5.77. The molecule has 7 nitrogen and oxygen atoms in total. The van der Waals surface area contributed by atoms with Crippen molar-refractivity contribution in [1.82, 2.24) is 5.32 Å². The minimum atomic E-state index is -0.628. The van der Waals surface area contributed by atoms with E-state index in [2.05, 4.69) is 10.6 Å². The summed E-state index contributed by atoms with van der Waals surface area (Å²) in [5.74, 6) is -0.976. The fourth-order valence-corrected chi connectivity index (χ4v) is 2.90. The molecule has 9 heteroatoms. The first-order valence-electron chi connectivity index (χ1n) is 8.41. The average Bonchev–Trinajstić information content (AvgIpc) is 2.68. The van der Waals surface area contributed by atoms with Crippen molar-refractivity contribution < 1.29 is 23.5 Å². The standard InChI is InChI=1S/C19H20FN3O4.ClH/c1-26-16-8-11(3-5-15(16)27-10-17(21)24)19(25)23-14-4-2-12-9-22-7-6-13(12)18(14)20;/h2-5,8,22H,6-7,9-10H2,1H3,(H2,21,24)(H,23,25);1H. The molecule has 0 bridgehead atoms. The highest BCUT2D eigenvalue weighted by Gasteiger charge is 2.19. The summed E-state index contributed by atoms with van der Waals surface area (Å²) >= 11 is 0. The van der Waals surface area contributed by atoms with Gasteiger partial charge in [0.2, 0.25) is 0 Å². The molecule has 4 N–H and O–H groups in total. The first-order valence-corrected chi connectivity index (χ1v) is 8.41. The molecule has 150 valence electrons. The fourth-order valence-electron chi connectivity index (χ4n) is 2.90. The minimum Gasteiger partial charge on any atom is -0.493 e. The van der Waals surface area contributed by atoms with Crippen LogP contribution < -0.4 is 25.8 Å². The quantitative estimate of drug-likeness (QED) is 0.677. The molecule has 0 atom stereocenters. The predicted molar refractivity (Wildman–Crippen MR) is 105 cm³/mol. The van der Waals surface area contributed by atoms with E-state index >= 15 is 0 Å². The van der Waals surface area contributed by atoms with Crippen molar-refractivity contribution in [3.8, 4) is 11.5 Å². The van der Waals surface area contributed by atoms with E-state index in [1.807, 2.05) is 6.07 Å². The second kappa shape index (κ2) is 9.38. The monoisotopic (exact) mass is 409 g/mol. The van der Waals surface area contributed by atoms with Crippen LogP contribution in [0.4, 0.5) is 10.1 Å². The molecule has 28 heavy (non-hydrogen) atoms. The molecule has 0 aromatic heterocycles. The Morgan fingerprint density at radius 2 is 2.04 bits per heavy atom. The van der Waals surface area contributed by atoms with Crippen LogP contribution in [0.15, 0.2) is 30.3 Å². The molecule has 0 unspecified atom stereocenters. The second-order valence-corrected chi connectivity index (χ2v) is 6.07. The maximum Gasteiger partial charge on any atom is 0.255 e. The third-order valence-electron chi connectivity index (χ3n) is 4.25. The molecule has 0 fully saturated rings. The number of carbonyl (C=O) groups is 2. The van der Waals surface area contributed by atoms with Gasteiger partial charge >= 0.3 is 0 Å². The van der Waals surface area contributed by atoms with E-state index in [4.69, 9.17) is 15.2 Å². The summed E-state index contributed by atoms with van der Waals surface area (Å²) in [5.41, 5.74) is 6.97. The average molecular weight is 410 g/mol. The normalized spacial score (nSPS) is 12.4.